The highest BCUT2D eigenvalue weighted by Crippen LogP contribution is 2.31. The third-order valence-corrected chi connectivity index (χ3v) is 4.32. The molecule has 0 bridgehead atoms. The molecule has 1 aliphatic rings. The monoisotopic (exact) mass is 367 g/mol. The molecular weight excluding hydrogens is 342 g/mol. The molecule has 27 heavy (non-hydrogen) atoms. The van der Waals surface area contributed by atoms with Crippen LogP contribution in [0.1, 0.15) is 37.9 Å². The molecule has 2 aromatic carbocycles. The van der Waals surface area contributed by atoms with Crippen molar-refractivity contribution in [2.75, 3.05) is 13.7 Å². The zero-order valence-electron chi connectivity index (χ0n) is 16.1. The number of fused-ring (bicyclic) bond motifs is 1. The molecule has 0 aliphatic carbocycles. The highest BCUT2D eigenvalue weighted by atomic mass is 16.5. The zero-order valence-corrected chi connectivity index (χ0v) is 16.1. The van der Waals surface area contributed by atoms with E-state index in [1.54, 1.807) is 7.11 Å². The van der Waals surface area contributed by atoms with Crippen LogP contribution in [0.4, 0.5) is 0 Å². The smallest absolute Gasteiger partial charge is 0.251 e. The van der Waals surface area contributed by atoms with Gasteiger partial charge in [-0.05, 0) is 50.6 Å². The van der Waals surface area contributed by atoms with Gasteiger partial charge in [0.05, 0.1) is 24.8 Å². The number of carbonyl (C=O) groups excluding carboxylic acids is 1. The Labute approximate surface area is 159 Å². The van der Waals surface area contributed by atoms with Gasteiger partial charge in [0.15, 0.2) is 11.5 Å². The van der Waals surface area contributed by atoms with E-state index in [1.807, 2.05) is 69.3 Å². The topological polar surface area (TPSA) is 56.8 Å². The lowest BCUT2D eigenvalue weighted by Gasteiger charge is -2.21. The van der Waals surface area contributed by atoms with E-state index in [4.69, 9.17) is 14.2 Å². The van der Waals surface area contributed by atoms with Crippen molar-refractivity contribution in [1.29, 1.82) is 0 Å². The van der Waals surface area contributed by atoms with Crippen LogP contribution in [-0.4, -0.2) is 25.7 Å². The second-order valence-corrected chi connectivity index (χ2v) is 6.77. The van der Waals surface area contributed by atoms with Gasteiger partial charge in [0.25, 0.3) is 5.91 Å². The van der Waals surface area contributed by atoms with Crippen LogP contribution in [0.15, 0.2) is 48.0 Å². The summed E-state index contributed by atoms with van der Waals surface area (Å²) in [4.78, 5) is 12.6. The number of rotatable bonds is 6. The molecule has 1 unspecified atom stereocenters. The van der Waals surface area contributed by atoms with Crippen molar-refractivity contribution in [3.63, 3.8) is 0 Å². The molecule has 142 valence electrons. The number of methoxy groups -OCH3 is 1. The minimum atomic E-state index is -0.183. The molecule has 1 heterocycles. The van der Waals surface area contributed by atoms with Gasteiger partial charge in [0, 0.05) is 5.56 Å². The summed E-state index contributed by atoms with van der Waals surface area (Å²) in [5, 5.41) is 3.02. The van der Waals surface area contributed by atoms with Gasteiger partial charge in [-0.2, -0.15) is 0 Å². The van der Waals surface area contributed by atoms with Crippen LogP contribution in [-0.2, 0) is 4.79 Å². The zero-order chi connectivity index (χ0) is 19.4. The van der Waals surface area contributed by atoms with E-state index in [2.05, 4.69) is 5.32 Å². The largest absolute Gasteiger partial charge is 0.493 e. The third-order valence-electron chi connectivity index (χ3n) is 4.32. The summed E-state index contributed by atoms with van der Waals surface area (Å²) in [6, 6.07) is 13.2. The number of benzene rings is 2. The van der Waals surface area contributed by atoms with Crippen molar-refractivity contribution < 1.29 is 19.0 Å². The van der Waals surface area contributed by atoms with Gasteiger partial charge in [-0.3, -0.25) is 4.79 Å². The second kappa shape index (κ2) is 8.16. The minimum absolute atomic E-state index is 0.0583. The van der Waals surface area contributed by atoms with E-state index < -0.39 is 0 Å². The van der Waals surface area contributed by atoms with Gasteiger partial charge in [0.2, 0.25) is 0 Å². The first-order valence-corrected chi connectivity index (χ1v) is 9.05. The van der Waals surface area contributed by atoms with Gasteiger partial charge < -0.3 is 19.5 Å². The van der Waals surface area contributed by atoms with Crippen LogP contribution in [0, 0.1) is 0 Å². The predicted molar refractivity (Wildman–Crippen MR) is 105 cm³/mol. The standard InChI is InChI=1S/C22H25NO4/c1-14(2)27-20-10-9-16(12-21(20)25-4)15(3)23-22(24)18-11-17-7-5-6-8-19(17)26-13-18/h5-12,14-15H,13H2,1-4H3,(H,23,24). The summed E-state index contributed by atoms with van der Waals surface area (Å²) in [5.74, 6) is 2.00. The molecule has 1 amide bonds. The van der Waals surface area contributed by atoms with Crippen LogP contribution >= 0.6 is 0 Å². The van der Waals surface area contributed by atoms with Crippen molar-refractivity contribution in [2.45, 2.75) is 32.9 Å². The SMILES string of the molecule is COc1cc(C(C)NC(=O)C2=Cc3ccccc3OC2)ccc1OC(C)C. The van der Waals surface area contributed by atoms with E-state index >= 15 is 0 Å². The van der Waals surface area contributed by atoms with Crippen molar-refractivity contribution in [1.82, 2.24) is 5.32 Å². The average Bonchev–Trinajstić information content (AvgIpc) is 2.67. The molecule has 5 heteroatoms. The molecule has 0 saturated heterocycles. The summed E-state index contributed by atoms with van der Waals surface area (Å²) in [5.41, 5.74) is 2.46. The molecule has 0 spiro atoms. The molecule has 1 atom stereocenters. The fraction of sp³-hybridized carbons (Fsp3) is 0.318. The van der Waals surface area contributed by atoms with Crippen LogP contribution in [0.25, 0.3) is 6.08 Å². The van der Waals surface area contributed by atoms with Crippen molar-refractivity contribution in [2.24, 2.45) is 0 Å². The summed E-state index contributed by atoms with van der Waals surface area (Å²) >= 11 is 0. The van der Waals surface area contributed by atoms with Gasteiger partial charge in [-0.25, -0.2) is 0 Å². The van der Waals surface area contributed by atoms with E-state index in [0.29, 0.717) is 17.1 Å². The Balaban J connectivity index is 1.73. The number of hydrogen-bond donors (Lipinski definition) is 1. The molecule has 0 fully saturated rings. The first-order chi connectivity index (χ1) is 13.0. The summed E-state index contributed by atoms with van der Waals surface area (Å²) in [6.07, 6.45) is 1.93. The van der Waals surface area contributed by atoms with E-state index in [0.717, 1.165) is 16.9 Å². The van der Waals surface area contributed by atoms with E-state index in [9.17, 15) is 4.79 Å². The van der Waals surface area contributed by atoms with Gasteiger partial charge in [-0.1, -0.05) is 24.3 Å². The Morgan fingerprint density at radius 1 is 1.11 bits per heavy atom. The molecule has 0 aromatic heterocycles. The molecular formula is C22H25NO4. The van der Waals surface area contributed by atoms with Crippen molar-refractivity contribution in [3.05, 3.63) is 59.2 Å². The number of nitrogens with one attached hydrogen (secondary N) is 1. The quantitative estimate of drug-likeness (QED) is 0.834. The average molecular weight is 367 g/mol. The number of carbonyl (C=O) groups is 1. The van der Waals surface area contributed by atoms with E-state index in [1.165, 1.54) is 0 Å². The van der Waals surface area contributed by atoms with Crippen LogP contribution in [0.3, 0.4) is 0 Å². The minimum Gasteiger partial charge on any atom is -0.493 e. The maximum Gasteiger partial charge on any atom is 0.251 e. The lowest BCUT2D eigenvalue weighted by molar-refractivity contribution is -0.118. The van der Waals surface area contributed by atoms with Crippen LogP contribution < -0.4 is 19.5 Å². The molecule has 1 N–H and O–H groups in total. The fourth-order valence-corrected chi connectivity index (χ4v) is 2.92. The summed E-state index contributed by atoms with van der Waals surface area (Å²) < 4.78 is 16.8. The highest BCUT2D eigenvalue weighted by Gasteiger charge is 2.19. The van der Waals surface area contributed by atoms with Crippen molar-refractivity contribution in [3.8, 4) is 17.2 Å². The number of hydrogen-bond acceptors (Lipinski definition) is 4. The molecule has 0 radical (unpaired) electrons. The Morgan fingerprint density at radius 2 is 1.89 bits per heavy atom. The molecule has 0 saturated carbocycles. The fourth-order valence-electron chi connectivity index (χ4n) is 2.92. The first-order valence-electron chi connectivity index (χ1n) is 9.05. The van der Waals surface area contributed by atoms with Gasteiger partial charge in [-0.15, -0.1) is 0 Å². The van der Waals surface area contributed by atoms with Crippen molar-refractivity contribution >= 4 is 12.0 Å². The Morgan fingerprint density at radius 3 is 2.63 bits per heavy atom. The number of para-hydroxylation sites is 1. The van der Waals surface area contributed by atoms with Gasteiger partial charge >= 0.3 is 0 Å². The molecule has 2 aromatic rings. The van der Waals surface area contributed by atoms with Crippen LogP contribution in [0.5, 0.6) is 17.2 Å². The first kappa shape index (κ1) is 18.8. The van der Waals surface area contributed by atoms with Gasteiger partial charge in [0.1, 0.15) is 12.4 Å². The third kappa shape index (κ3) is 4.42. The normalized spacial score (nSPS) is 13.9. The Bertz CT molecular complexity index is 857. The summed E-state index contributed by atoms with van der Waals surface area (Å²) in [6.45, 7) is 6.14. The lowest BCUT2D eigenvalue weighted by atomic mass is 10.0. The summed E-state index contributed by atoms with van der Waals surface area (Å²) in [7, 11) is 1.61. The molecule has 1 aliphatic heterocycles. The highest BCUT2D eigenvalue weighted by molar-refractivity contribution is 5.99. The predicted octanol–water partition coefficient (Wildman–Crippen LogP) is 4.14. The van der Waals surface area contributed by atoms with Crippen LogP contribution in [0.2, 0.25) is 0 Å². The maximum atomic E-state index is 12.6. The Kier molecular flexibility index (Phi) is 5.69. The maximum absolute atomic E-state index is 12.6. The van der Waals surface area contributed by atoms with E-state index in [-0.39, 0.29) is 24.7 Å². The molecule has 3 rings (SSSR count). The number of ether oxygens (including phenoxy) is 3. The number of amides is 1. The lowest BCUT2D eigenvalue weighted by Crippen LogP contribution is -2.30. The molecule has 5 nitrogen and oxygen atoms in total. The second-order valence-electron chi connectivity index (χ2n) is 6.77. The Hall–Kier alpha value is -2.95.